The summed E-state index contributed by atoms with van der Waals surface area (Å²) >= 11 is 1.72. The zero-order chi connectivity index (χ0) is 17.3. The molecule has 0 aromatic carbocycles. The van der Waals surface area contributed by atoms with Crippen LogP contribution in [-0.4, -0.2) is 46.3 Å². The van der Waals surface area contributed by atoms with Crippen molar-refractivity contribution in [2.24, 2.45) is 0 Å². The van der Waals surface area contributed by atoms with Crippen molar-refractivity contribution in [3.05, 3.63) is 23.0 Å². The molecular weight excluding hydrogens is 320 g/mol. The molecule has 1 aliphatic rings. The molecule has 0 saturated carbocycles. The third-order valence-corrected chi connectivity index (χ3v) is 5.83. The minimum atomic E-state index is 0.0667. The second-order valence-corrected chi connectivity index (χ2v) is 8.49. The van der Waals surface area contributed by atoms with Gasteiger partial charge in [-0.1, -0.05) is 32.1 Å². The summed E-state index contributed by atoms with van der Waals surface area (Å²) in [5, 5.41) is 10.9. The van der Waals surface area contributed by atoms with Gasteiger partial charge in [-0.25, -0.2) is 9.97 Å². The molecule has 0 atom stereocenters. The first-order chi connectivity index (χ1) is 11.3. The quantitative estimate of drug-likeness (QED) is 0.851. The summed E-state index contributed by atoms with van der Waals surface area (Å²) in [6, 6.07) is 0.471. The second kappa shape index (κ2) is 6.63. The molecule has 0 N–H and O–H groups in total. The molecule has 1 aliphatic heterocycles. The van der Waals surface area contributed by atoms with Crippen LogP contribution in [0.3, 0.4) is 0 Å². The van der Waals surface area contributed by atoms with E-state index in [1.165, 1.54) is 0 Å². The van der Waals surface area contributed by atoms with Crippen molar-refractivity contribution in [2.75, 3.05) is 29.9 Å². The van der Waals surface area contributed by atoms with E-state index in [4.69, 9.17) is 0 Å². The number of aromatic nitrogens is 4. The highest BCUT2D eigenvalue weighted by Gasteiger charge is 2.27. The van der Waals surface area contributed by atoms with E-state index in [9.17, 15) is 0 Å². The molecule has 6 nitrogen and oxygen atoms in total. The summed E-state index contributed by atoms with van der Waals surface area (Å²) in [6.07, 6.45) is 5.92. The fourth-order valence-corrected chi connectivity index (χ4v) is 3.78. The van der Waals surface area contributed by atoms with E-state index >= 15 is 0 Å². The van der Waals surface area contributed by atoms with Crippen LogP contribution >= 0.6 is 11.3 Å². The SMILES string of the molecule is Cc1cnc(N(C)C2CCN(c3nnc(C(C)(C)C)s3)CC2)nc1. The Morgan fingerprint density at radius 1 is 1.12 bits per heavy atom. The van der Waals surface area contributed by atoms with E-state index in [0.29, 0.717) is 6.04 Å². The van der Waals surface area contributed by atoms with Crippen molar-refractivity contribution in [2.45, 2.75) is 52.0 Å². The molecule has 3 heterocycles. The molecule has 3 rings (SSSR count). The van der Waals surface area contributed by atoms with Crippen LogP contribution in [-0.2, 0) is 5.41 Å². The summed E-state index contributed by atoms with van der Waals surface area (Å²) in [5.74, 6) is 0.810. The number of piperidine rings is 1. The van der Waals surface area contributed by atoms with Gasteiger partial charge in [0.15, 0.2) is 0 Å². The minimum Gasteiger partial charge on any atom is -0.347 e. The van der Waals surface area contributed by atoms with E-state index in [0.717, 1.165) is 47.6 Å². The molecule has 130 valence electrons. The van der Waals surface area contributed by atoms with Crippen LogP contribution in [0.15, 0.2) is 12.4 Å². The van der Waals surface area contributed by atoms with Crippen molar-refractivity contribution >= 4 is 22.4 Å². The van der Waals surface area contributed by atoms with Gasteiger partial charge in [-0.3, -0.25) is 0 Å². The average molecular weight is 347 g/mol. The second-order valence-electron chi connectivity index (χ2n) is 7.53. The van der Waals surface area contributed by atoms with Crippen LogP contribution in [0.4, 0.5) is 11.1 Å². The third-order valence-electron chi connectivity index (χ3n) is 4.42. The van der Waals surface area contributed by atoms with E-state index in [-0.39, 0.29) is 5.41 Å². The van der Waals surface area contributed by atoms with E-state index < -0.39 is 0 Å². The Balaban J connectivity index is 1.61. The molecule has 0 radical (unpaired) electrons. The summed E-state index contributed by atoms with van der Waals surface area (Å²) < 4.78 is 0. The van der Waals surface area contributed by atoms with Gasteiger partial charge in [-0.2, -0.15) is 0 Å². The maximum absolute atomic E-state index is 4.44. The van der Waals surface area contributed by atoms with Crippen LogP contribution in [0.25, 0.3) is 0 Å². The average Bonchev–Trinajstić information content (AvgIpc) is 3.05. The lowest BCUT2D eigenvalue weighted by Gasteiger charge is -2.36. The van der Waals surface area contributed by atoms with Gasteiger partial charge >= 0.3 is 0 Å². The number of nitrogens with zero attached hydrogens (tertiary/aromatic N) is 6. The Kier molecular flexibility index (Phi) is 4.71. The lowest BCUT2D eigenvalue weighted by atomic mass is 9.98. The highest BCUT2D eigenvalue weighted by Crippen LogP contribution is 2.31. The largest absolute Gasteiger partial charge is 0.347 e. The Labute approximate surface area is 148 Å². The van der Waals surface area contributed by atoms with E-state index in [1.54, 1.807) is 11.3 Å². The van der Waals surface area contributed by atoms with Gasteiger partial charge in [0.2, 0.25) is 11.1 Å². The summed E-state index contributed by atoms with van der Waals surface area (Å²) in [5.41, 5.74) is 1.16. The zero-order valence-corrected chi connectivity index (χ0v) is 16.0. The fourth-order valence-electron chi connectivity index (χ4n) is 2.82. The topological polar surface area (TPSA) is 58.0 Å². The molecular formula is C17H26N6S. The number of rotatable bonds is 3. The fraction of sp³-hybridized carbons (Fsp3) is 0.647. The molecule has 2 aromatic rings. The highest BCUT2D eigenvalue weighted by atomic mass is 32.1. The van der Waals surface area contributed by atoms with Crippen molar-refractivity contribution in [1.82, 2.24) is 20.2 Å². The molecule has 24 heavy (non-hydrogen) atoms. The molecule has 0 bridgehead atoms. The van der Waals surface area contributed by atoms with Gasteiger partial charge in [-0.05, 0) is 25.3 Å². The van der Waals surface area contributed by atoms with Crippen LogP contribution in [0, 0.1) is 6.92 Å². The maximum Gasteiger partial charge on any atom is 0.225 e. The van der Waals surface area contributed by atoms with Gasteiger partial charge < -0.3 is 9.80 Å². The third kappa shape index (κ3) is 3.66. The maximum atomic E-state index is 4.44. The molecule has 7 heteroatoms. The Hall–Kier alpha value is -1.76. The van der Waals surface area contributed by atoms with Crippen molar-refractivity contribution in [3.63, 3.8) is 0 Å². The summed E-state index contributed by atoms with van der Waals surface area (Å²) in [6.45, 7) is 10.6. The van der Waals surface area contributed by atoms with Gasteiger partial charge in [0.05, 0.1) is 0 Å². The number of aryl methyl sites for hydroxylation is 1. The van der Waals surface area contributed by atoms with E-state index in [2.05, 4.69) is 57.8 Å². The standard InChI is InChI=1S/C17H26N6S/c1-12-10-18-15(19-11-12)22(5)13-6-8-23(9-7-13)16-21-20-14(24-16)17(2,3)4/h10-11,13H,6-9H2,1-5H3. The normalized spacial score (nSPS) is 16.5. The lowest BCUT2D eigenvalue weighted by Crippen LogP contribution is -2.44. The minimum absolute atomic E-state index is 0.0667. The summed E-state index contributed by atoms with van der Waals surface area (Å²) in [4.78, 5) is 13.4. The van der Waals surface area contributed by atoms with Gasteiger partial charge in [-0.15, -0.1) is 10.2 Å². The van der Waals surface area contributed by atoms with E-state index in [1.807, 2.05) is 19.3 Å². The number of anilines is 2. The van der Waals surface area contributed by atoms with Crippen LogP contribution in [0.1, 0.15) is 44.2 Å². The predicted molar refractivity (Wildman–Crippen MR) is 99.0 cm³/mol. The molecule has 0 unspecified atom stereocenters. The van der Waals surface area contributed by atoms with Crippen LogP contribution < -0.4 is 9.80 Å². The number of hydrogen-bond acceptors (Lipinski definition) is 7. The first-order valence-corrected chi connectivity index (χ1v) is 9.26. The molecule has 1 saturated heterocycles. The monoisotopic (exact) mass is 346 g/mol. The predicted octanol–water partition coefficient (Wildman–Crippen LogP) is 3.04. The van der Waals surface area contributed by atoms with Gasteiger partial charge in [0, 0.05) is 44.0 Å². The molecule has 0 spiro atoms. The Morgan fingerprint density at radius 3 is 2.29 bits per heavy atom. The molecule has 0 amide bonds. The molecule has 2 aromatic heterocycles. The van der Waals surface area contributed by atoms with Crippen molar-refractivity contribution < 1.29 is 0 Å². The van der Waals surface area contributed by atoms with Crippen LogP contribution in [0.5, 0.6) is 0 Å². The summed E-state index contributed by atoms with van der Waals surface area (Å²) in [7, 11) is 2.09. The molecule has 1 fully saturated rings. The molecule has 0 aliphatic carbocycles. The van der Waals surface area contributed by atoms with Gasteiger partial charge in [0.1, 0.15) is 5.01 Å². The Bertz CT molecular complexity index is 667. The van der Waals surface area contributed by atoms with Crippen molar-refractivity contribution in [1.29, 1.82) is 0 Å². The lowest BCUT2D eigenvalue weighted by molar-refractivity contribution is 0.476. The Morgan fingerprint density at radius 2 is 1.75 bits per heavy atom. The highest BCUT2D eigenvalue weighted by molar-refractivity contribution is 7.15. The first kappa shape index (κ1) is 17.1. The van der Waals surface area contributed by atoms with Crippen LogP contribution in [0.2, 0.25) is 0 Å². The first-order valence-electron chi connectivity index (χ1n) is 8.45. The van der Waals surface area contributed by atoms with Gasteiger partial charge in [0.25, 0.3) is 0 Å². The van der Waals surface area contributed by atoms with Crippen molar-refractivity contribution in [3.8, 4) is 0 Å². The smallest absolute Gasteiger partial charge is 0.225 e. The number of hydrogen-bond donors (Lipinski definition) is 0. The zero-order valence-electron chi connectivity index (χ0n) is 15.2.